The van der Waals surface area contributed by atoms with Crippen LogP contribution in [-0.2, 0) is 0 Å². The first kappa shape index (κ1) is 15.0. The topological polar surface area (TPSA) is 32.3 Å². The van der Waals surface area contributed by atoms with Crippen LogP contribution < -0.4 is 5.32 Å². The molecule has 2 aromatic carbocycles. The van der Waals surface area contributed by atoms with Gasteiger partial charge in [0, 0.05) is 6.54 Å². The number of benzene rings is 2. The molecule has 2 nitrogen and oxygen atoms in total. The Kier molecular flexibility index (Phi) is 4.81. The summed E-state index contributed by atoms with van der Waals surface area (Å²) >= 11 is 11.8. The van der Waals surface area contributed by atoms with E-state index in [1.54, 1.807) is 18.2 Å². The Hall–Kier alpha value is -1.36. The largest absolute Gasteiger partial charge is 0.386 e. The molecule has 0 aliphatic heterocycles. The Bertz CT molecular complexity index is 602. The third-order valence-corrected chi connectivity index (χ3v) is 3.59. The molecule has 1 atom stereocenters. The summed E-state index contributed by atoms with van der Waals surface area (Å²) in [7, 11) is 0. The lowest BCUT2D eigenvalue weighted by molar-refractivity contribution is 0.181. The first-order valence-electron chi connectivity index (χ1n) is 5.80. The van der Waals surface area contributed by atoms with Crippen LogP contribution >= 0.6 is 23.2 Å². The third kappa shape index (κ3) is 3.20. The summed E-state index contributed by atoms with van der Waals surface area (Å²) in [5, 5.41) is 13.3. The van der Waals surface area contributed by atoms with Gasteiger partial charge in [-0.3, -0.25) is 0 Å². The lowest BCUT2D eigenvalue weighted by Crippen LogP contribution is -2.15. The van der Waals surface area contributed by atoms with E-state index in [-0.39, 0.29) is 17.1 Å². The Morgan fingerprint density at radius 3 is 2.30 bits per heavy atom. The Morgan fingerprint density at radius 2 is 1.65 bits per heavy atom. The lowest BCUT2D eigenvalue weighted by atomic mass is 10.1. The predicted octanol–water partition coefficient (Wildman–Crippen LogP) is 4.42. The molecule has 0 radical (unpaired) electrons. The summed E-state index contributed by atoms with van der Waals surface area (Å²) in [6.07, 6.45) is -1.34. The van der Waals surface area contributed by atoms with Crippen molar-refractivity contribution in [3.8, 4) is 0 Å². The molecule has 0 saturated heterocycles. The van der Waals surface area contributed by atoms with Crippen LogP contribution in [0.3, 0.4) is 0 Å². The van der Waals surface area contributed by atoms with Gasteiger partial charge in [0.25, 0.3) is 0 Å². The highest BCUT2D eigenvalue weighted by atomic mass is 35.5. The van der Waals surface area contributed by atoms with E-state index in [4.69, 9.17) is 23.2 Å². The molecule has 0 aliphatic rings. The van der Waals surface area contributed by atoms with Gasteiger partial charge in [0.2, 0.25) is 0 Å². The first-order chi connectivity index (χ1) is 9.50. The van der Waals surface area contributed by atoms with Gasteiger partial charge in [0.1, 0.15) is 17.7 Å². The molecule has 0 heterocycles. The summed E-state index contributed by atoms with van der Waals surface area (Å²) in [6.45, 7) is -0.0993. The molecule has 6 heteroatoms. The number of halogens is 4. The fourth-order valence-corrected chi connectivity index (χ4v) is 2.15. The predicted molar refractivity (Wildman–Crippen MR) is 76.3 cm³/mol. The van der Waals surface area contributed by atoms with Crippen LogP contribution in [0.5, 0.6) is 0 Å². The van der Waals surface area contributed by atoms with Gasteiger partial charge < -0.3 is 10.4 Å². The number of aliphatic hydroxyl groups excluding tert-OH is 1. The number of aliphatic hydroxyl groups is 1. The average Bonchev–Trinajstić information content (AvgIpc) is 2.40. The second kappa shape index (κ2) is 6.39. The van der Waals surface area contributed by atoms with E-state index >= 15 is 0 Å². The summed E-state index contributed by atoms with van der Waals surface area (Å²) in [5.74, 6) is -1.59. The normalized spacial score (nSPS) is 12.2. The van der Waals surface area contributed by atoms with E-state index in [0.29, 0.717) is 10.7 Å². The zero-order chi connectivity index (χ0) is 14.7. The second-order valence-electron chi connectivity index (χ2n) is 4.13. The van der Waals surface area contributed by atoms with Crippen molar-refractivity contribution in [2.45, 2.75) is 6.10 Å². The lowest BCUT2D eigenvalue weighted by Gasteiger charge is -2.15. The summed E-state index contributed by atoms with van der Waals surface area (Å²) in [4.78, 5) is 0. The highest BCUT2D eigenvalue weighted by Gasteiger charge is 2.17. The Labute approximate surface area is 125 Å². The maximum absolute atomic E-state index is 13.5. The van der Waals surface area contributed by atoms with E-state index in [1.165, 1.54) is 6.07 Å². The van der Waals surface area contributed by atoms with Crippen LogP contribution in [0.2, 0.25) is 10.0 Å². The minimum absolute atomic E-state index is 0.0993. The minimum Gasteiger partial charge on any atom is -0.386 e. The van der Waals surface area contributed by atoms with Crippen molar-refractivity contribution in [3.05, 3.63) is 63.6 Å². The second-order valence-corrected chi connectivity index (χ2v) is 4.92. The fourth-order valence-electron chi connectivity index (χ4n) is 1.78. The van der Waals surface area contributed by atoms with Crippen LogP contribution in [0.25, 0.3) is 0 Å². The van der Waals surface area contributed by atoms with E-state index < -0.39 is 17.7 Å². The monoisotopic (exact) mass is 317 g/mol. The molecule has 106 valence electrons. The summed E-state index contributed by atoms with van der Waals surface area (Å²) in [6, 6.07) is 8.36. The van der Waals surface area contributed by atoms with E-state index in [1.807, 2.05) is 0 Å². The van der Waals surface area contributed by atoms with Crippen molar-refractivity contribution in [1.29, 1.82) is 0 Å². The zero-order valence-electron chi connectivity index (χ0n) is 10.2. The molecule has 0 aliphatic carbocycles. The molecule has 2 aromatic rings. The average molecular weight is 318 g/mol. The molecule has 2 N–H and O–H groups in total. The molecule has 20 heavy (non-hydrogen) atoms. The minimum atomic E-state index is -1.34. The molecule has 1 unspecified atom stereocenters. The van der Waals surface area contributed by atoms with Crippen molar-refractivity contribution in [2.24, 2.45) is 0 Å². The van der Waals surface area contributed by atoms with Crippen LogP contribution in [-0.4, -0.2) is 11.7 Å². The molecule has 0 bridgehead atoms. The summed E-state index contributed by atoms with van der Waals surface area (Å²) < 4.78 is 27.0. The van der Waals surface area contributed by atoms with Gasteiger partial charge in [-0.05, 0) is 24.3 Å². The SMILES string of the molecule is OC(CNc1cccc(Cl)c1Cl)c1c(F)cccc1F. The number of hydrogen-bond acceptors (Lipinski definition) is 2. The maximum atomic E-state index is 13.5. The molecule has 0 fully saturated rings. The molecular weight excluding hydrogens is 307 g/mol. The molecule has 0 amide bonds. The molecule has 2 rings (SSSR count). The Balaban J connectivity index is 2.13. The van der Waals surface area contributed by atoms with Crippen molar-refractivity contribution in [3.63, 3.8) is 0 Å². The van der Waals surface area contributed by atoms with E-state index in [9.17, 15) is 13.9 Å². The van der Waals surface area contributed by atoms with Crippen molar-refractivity contribution in [2.75, 3.05) is 11.9 Å². The van der Waals surface area contributed by atoms with Crippen molar-refractivity contribution in [1.82, 2.24) is 0 Å². The van der Waals surface area contributed by atoms with Gasteiger partial charge >= 0.3 is 0 Å². The molecule has 0 spiro atoms. The van der Waals surface area contributed by atoms with Gasteiger partial charge in [-0.1, -0.05) is 35.3 Å². The van der Waals surface area contributed by atoms with Gasteiger partial charge in [-0.15, -0.1) is 0 Å². The van der Waals surface area contributed by atoms with Crippen LogP contribution in [0, 0.1) is 11.6 Å². The van der Waals surface area contributed by atoms with Gasteiger partial charge in [0.15, 0.2) is 0 Å². The number of nitrogens with one attached hydrogen (secondary N) is 1. The van der Waals surface area contributed by atoms with E-state index in [2.05, 4.69) is 5.32 Å². The number of hydrogen-bond donors (Lipinski definition) is 2. The van der Waals surface area contributed by atoms with Gasteiger partial charge in [-0.2, -0.15) is 0 Å². The number of rotatable bonds is 4. The molecule has 0 saturated carbocycles. The quantitative estimate of drug-likeness (QED) is 0.875. The maximum Gasteiger partial charge on any atom is 0.132 e. The fraction of sp³-hybridized carbons (Fsp3) is 0.143. The highest BCUT2D eigenvalue weighted by molar-refractivity contribution is 6.43. The number of anilines is 1. The molecular formula is C14H11Cl2F2NO. The summed E-state index contributed by atoms with van der Waals surface area (Å²) in [5.41, 5.74) is 0.105. The van der Waals surface area contributed by atoms with Crippen molar-refractivity contribution >= 4 is 28.9 Å². The highest BCUT2D eigenvalue weighted by Crippen LogP contribution is 2.30. The standard InChI is InChI=1S/C14H11Cl2F2NO/c15-8-3-1-6-11(14(8)16)19-7-12(20)13-9(17)4-2-5-10(13)18/h1-6,12,19-20H,7H2. The third-order valence-electron chi connectivity index (χ3n) is 2.77. The van der Waals surface area contributed by atoms with Crippen LogP contribution in [0.15, 0.2) is 36.4 Å². The van der Waals surface area contributed by atoms with E-state index in [0.717, 1.165) is 12.1 Å². The zero-order valence-corrected chi connectivity index (χ0v) is 11.7. The van der Waals surface area contributed by atoms with Gasteiger partial charge in [-0.25, -0.2) is 8.78 Å². The van der Waals surface area contributed by atoms with Gasteiger partial charge in [0.05, 0.1) is 21.3 Å². The van der Waals surface area contributed by atoms with Crippen molar-refractivity contribution < 1.29 is 13.9 Å². The molecule has 0 aromatic heterocycles. The smallest absolute Gasteiger partial charge is 0.132 e. The van der Waals surface area contributed by atoms with Crippen LogP contribution in [0.1, 0.15) is 11.7 Å². The van der Waals surface area contributed by atoms with Crippen LogP contribution in [0.4, 0.5) is 14.5 Å². The Morgan fingerprint density at radius 1 is 1.05 bits per heavy atom. The first-order valence-corrected chi connectivity index (χ1v) is 6.56.